The van der Waals surface area contributed by atoms with Crippen molar-refractivity contribution in [2.75, 3.05) is 5.32 Å². The number of oxazole rings is 1. The summed E-state index contributed by atoms with van der Waals surface area (Å²) in [5, 5.41) is 2.68. The lowest BCUT2D eigenvalue weighted by Gasteiger charge is -2.07. The highest BCUT2D eigenvalue weighted by Gasteiger charge is 2.30. The fourth-order valence-corrected chi connectivity index (χ4v) is 2.71. The van der Waals surface area contributed by atoms with Crippen molar-refractivity contribution in [2.45, 2.75) is 6.18 Å². The molecule has 0 saturated carbocycles. The van der Waals surface area contributed by atoms with Crippen LogP contribution in [-0.2, 0) is 6.18 Å². The largest absolute Gasteiger partial charge is 0.451 e. The number of aromatic amines is 1. The lowest BCUT2D eigenvalue weighted by molar-refractivity contribution is -0.137. The standard InChI is InChI=1S/C20H13F3N4O2/c21-20(22,23)14-3-1-2-13(8-14)16-9-24-18(27-16)12-4-6-15(7-5-12)26-19(28)17-10-29-11-25-17/h1-11H,(H,24,27)(H,26,28). The quantitative estimate of drug-likeness (QED) is 0.507. The number of nitrogens with one attached hydrogen (secondary N) is 2. The molecule has 29 heavy (non-hydrogen) atoms. The van der Waals surface area contributed by atoms with Gasteiger partial charge in [0.25, 0.3) is 5.91 Å². The normalized spacial score (nSPS) is 11.4. The van der Waals surface area contributed by atoms with Crippen molar-refractivity contribution in [2.24, 2.45) is 0 Å². The van der Waals surface area contributed by atoms with Gasteiger partial charge in [-0.3, -0.25) is 4.79 Å². The molecule has 0 fully saturated rings. The van der Waals surface area contributed by atoms with Crippen molar-refractivity contribution >= 4 is 11.6 Å². The van der Waals surface area contributed by atoms with Crippen molar-refractivity contribution in [3.8, 4) is 22.6 Å². The van der Waals surface area contributed by atoms with Gasteiger partial charge in [-0.25, -0.2) is 9.97 Å². The van der Waals surface area contributed by atoms with E-state index < -0.39 is 17.6 Å². The molecule has 0 aliphatic rings. The van der Waals surface area contributed by atoms with E-state index in [0.717, 1.165) is 18.5 Å². The number of aromatic nitrogens is 3. The van der Waals surface area contributed by atoms with Gasteiger partial charge < -0.3 is 14.7 Å². The highest BCUT2D eigenvalue weighted by molar-refractivity contribution is 6.02. The molecule has 0 bridgehead atoms. The summed E-state index contributed by atoms with van der Waals surface area (Å²) >= 11 is 0. The van der Waals surface area contributed by atoms with Gasteiger partial charge in [-0.15, -0.1) is 0 Å². The van der Waals surface area contributed by atoms with Crippen molar-refractivity contribution in [1.82, 2.24) is 15.0 Å². The Balaban J connectivity index is 1.52. The lowest BCUT2D eigenvalue weighted by Crippen LogP contribution is -2.11. The second-order valence-electron chi connectivity index (χ2n) is 6.13. The van der Waals surface area contributed by atoms with Crippen LogP contribution in [0.15, 0.2) is 71.8 Å². The summed E-state index contributed by atoms with van der Waals surface area (Å²) in [5.74, 6) is 0.0862. The summed E-state index contributed by atoms with van der Waals surface area (Å²) in [6.07, 6.45) is -0.533. The van der Waals surface area contributed by atoms with Gasteiger partial charge >= 0.3 is 6.18 Å². The number of H-pyrrole nitrogens is 1. The van der Waals surface area contributed by atoms with E-state index in [0.29, 0.717) is 28.3 Å². The first-order valence-corrected chi connectivity index (χ1v) is 8.43. The molecule has 2 heterocycles. The number of rotatable bonds is 4. The molecular weight excluding hydrogens is 385 g/mol. The SMILES string of the molecule is O=C(Nc1ccc(-c2ncc(-c3cccc(C(F)(F)F)c3)[nH]2)cc1)c1cocn1. The van der Waals surface area contributed by atoms with Crippen molar-refractivity contribution < 1.29 is 22.4 Å². The number of halogens is 3. The van der Waals surface area contributed by atoms with Gasteiger partial charge in [0, 0.05) is 16.8 Å². The highest BCUT2D eigenvalue weighted by Crippen LogP contribution is 2.32. The van der Waals surface area contributed by atoms with Gasteiger partial charge in [0.15, 0.2) is 12.1 Å². The van der Waals surface area contributed by atoms with Crippen molar-refractivity contribution in [3.05, 3.63) is 78.6 Å². The molecule has 2 aromatic carbocycles. The number of nitrogens with zero attached hydrogens (tertiary/aromatic N) is 2. The van der Waals surface area contributed by atoms with Crippen LogP contribution >= 0.6 is 0 Å². The predicted octanol–water partition coefficient (Wildman–Crippen LogP) is 5.00. The number of anilines is 1. The maximum absolute atomic E-state index is 12.9. The Morgan fingerprint density at radius 1 is 1.03 bits per heavy atom. The number of hydrogen-bond donors (Lipinski definition) is 2. The fraction of sp³-hybridized carbons (Fsp3) is 0.0500. The van der Waals surface area contributed by atoms with Gasteiger partial charge in [-0.1, -0.05) is 12.1 Å². The molecule has 6 nitrogen and oxygen atoms in total. The van der Waals surface area contributed by atoms with E-state index >= 15 is 0 Å². The molecule has 0 spiro atoms. The lowest BCUT2D eigenvalue weighted by atomic mass is 10.1. The maximum Gasteiger partial charge on any atom is 0.416 e. The third-order valence-corrected chi connectivity index (χ3v) is 4.16. The molecule has 0 aliphatic heterocycles. The van der Waals surface area contributed by atoms with Crippen LogP contribution in [0.25, 0.3) is 22.6 Å². The molecular formula is C20H13F3N4O2. The van der Waals surface area contributed by atoms with E-state index in [1.165, 1.54) is 18.5 Å². The molecule has 0 radical (unpaired) electrons. The van der Waals surface area contributed by atoms with Gasteiger partial charge in [-0.2, -0.15) is 13.2 Å². The van der Waals surface area contributed by atoms with Crippen LogP contribution in [-0.4, -0.2) is 20.9 Å². The number of alkyl halides is 3. The first-order valence-electron chi connectivity index (χ1n) is 8.43. The fourth-order valence-electron chi connectivity index (χ4n) is 2.71. The number of imidazole rings is 1. The summed E-state index contributed by atoms with van der Waals surface area (Å²) in [4.78, 5) is 23.0. The van der Waals surface area contributed by atoms with Crippen LogP contribution in [0.4, 0.5) is 18.9 Å². The highest BCUT2D eigenvalue weighted by atomic mass is 19.4. The molecule has 1 amide bonds. The van der Waals surface area contributed by atoms with E-state index in [1.807, 2.05) is 0 Å². The van der Waals surface area contributed by atoms with E-state index in [-0.39, 0.29) is 5.69 Å². The van der Waals surface area contributed by atoms with Crippen molar-refractivity contribution in [1.29, 1.82) is 0 Å². The number of hydrogen-bond acceptors (Lipinski definition) is 4. The van der Waals surface area contributed by atoms with Gasteiger partial charge in [0.1, 0.15) is 12.1 Å². The molecule has 2 N–H and O–H groups in total. The van der Waals surface area contributed by atoms with Gasteiger partial charge in [-0.05, 0) is 36.4 Å². The molecule has 0 atom stereocenters. The summed E-state index contributed by atoms with van der Waals surface area (Å²) in [7, 11) is 0. The molecule has 9 heteroatoms. The van der Waals surface area contributed by atoms with Crippen molar-refractivity contribution in [3.63, 3.8) is 0 Å². The number of benzene rings is 2. The van der Waals surface area contributed by atoms with E-state index in [2.05, 4.69) is 20.3 Å². The number of carbonyl (C=O) groups excluding carboxylic acids is 1. The minimum atomic E-state index is -4.41. The summed E-state index contributed by atoms with van der Waals surface area (Å²) in [5.41, 5.74) is 1.54. The first kappa shape index (κ1) is 18.5. The van der Waals surface area contributed by atoms with E-state index in [1.54, 1.807) is 30.3 Å². The summed E-state index contributed by atoms with van der Waals surface area (Å²) in [6, 6.07) is 11.8. The van der Waals surface area contributed by atoms with Crippen LogP contribution in [0.1, 0.15) is 16.1 Å². The van der Waals surface area contributed by atoms with Crippen LogP contribution in [0.2, 0.25) is 0 Å². The average molecular weight is 398 g/mol. The molecule has 0 aliphatic carbocycles. The topological polar surface area (TPSA) is 83.8 Å². The van der Waals surface area contributed by atoms with Crippen LogP contribution in [0.5, 0.6) is 0 Å². The molecule has 146 valence electrons. The van der Waals surface area contributed by atoms with Gasteiger partial charge in [0.05, 0.1) is 17.5 Å². The number of carbonyl (C=O) groups is 1. The second kappa shape index (κ2) is 7.27. The average Bonchev–Trinajstić information content (AvgIpc) is 3.40. The zero-order valence-electron chi connectivity index (χ0n) is 14.7. The Hall–Kier alpha value is -3.88. The summed E-state index contributed by atoms with van der Waals surface area (Å²) in [6.45, 7) is 0. The minimum Gasteiger partial charge on any atom is -0.451 e. The van der Waals surface area contributed by atoms with Crippen LogP contribution in [0, 0.1) is 0 Å². The third-order valence-electron chi connectivity index (χ3n) is 4.16. The van der Waals surface area contributed by atoms with Crippen LogP contribution in [0.3, 0.4) is 0 Å². The van der Waals surface area contributed by atoms with Gasteiger partial charge in [0.2, 0.25) is 0 Å². The molecule has 4 rings (SSSR count). The summed E-state index contributed by atoms with van der Waals surface area (Å²) < 4.78 is 43.5. The Morgan fingerprint density at radius 3 is 2.52 bits per heavy atom. The van der Waals surface area contributed by atoms with E-state index in [4.69, 9.17) is 4.42 Å². The monoisotopic (exact) mass is 398 g/mol. The Bertz CT molecular complexity index is 1130. The minimum absolute atomic E-state index is 0.158. The van der Waals surface area contributed by atoms with E-state index in [9.17, 15) is 18.0 Å². The maximum atomic E-state index is 12.9. The Kier molecular flexibility index (Phi) is 4.63. The first-order chi connectivity index (χ1) is 13.9. The molecule has 4 aromatic rings. The number of amides is 1. The smallest absolute Gasteiger partial charge is 0.416 e. The molecule has 2 aromatic heterocycles. The zero-order valence-corrected chi connectivity index (χ0v) is 14.7. The molecule has 0 unspecified atom stereocenters. The zero-order chi connectivity index (χ0) is 20.4. The van der Waals surface area contributed by atoms with Crippen LogP contribution < -0.4 is 5.32 Å². The Morgan fingerprint density at radius 2 is 1.83 bits per heavy atom. The molecule has 0 saturated heterocycles. The Labute approximate surface area is 162 Å². The third kappa shape index (κ3) is 4.03. The second-order valence-corrected chi connectivity index (χ2v) is 6.13. The predicted molar refractivity (Wildman–Crippen MR) is 98.9 cm³/mol.